The minimum absolute atomic E-state index is 0.452. The first kappa shape index (κ1) is 16.1. The molecule has 0 spiro atoms. The Morgan fingerprint density at radius 1 is 1.17 bits per heavy atom. The number of H-pyrrole nitrogens is 1. The Hall–Kier alpha value is -2.73. The topological polar surface area (TPSA) is 55.2 Å². The molecule has 1 N–H and O–H groups in total. The fourth-order valence-corrected chi connectivity index (χ4v) is 2.35. The van der Waals surface area contributed by atoms with Crippen LogP contribution in [0.25, 0.3) is 11.4 Å². The van der Waals surface area contributed by atoms with Crippen LogP contribution in [0.2, 0.25) is 0 Å². The smallest absolute Gasteiger partial charge is 0.216 e. The Morgan fingerprint density at radius 2 is 1.92 bits per heavy atom. The molecule has 0 aliphatic rings. The molecule has 0 saturated carbocycles. The van der Waals surface area contributed by atoms with Gasteiger partial charge in [-0.15, -0.1) is 0 Å². The first-order valence-corrected chi connectivity index (χ1v) is 8.19. The number of hydrogen-bond donors (Lipinski definition) is 1. The van der Waals surface area contributed by atoms with Crippen molar-refractivity contribution in [1.29, 1.82) is 0 Å². The van der Waals surface area contributed by atoms with E-state index in [0.717, 1.165) is 29.9 Å². The highest BCUT2D eigenvalue weighted by molar-refractivity contribution is 7.71. The van der Waals surface area contributed by atoms with E-state index >= 15 is 0 Å². The van der Waals surface area contributed by atoms with Gasteiger partial charge in [-0.3, -0.25) is 0 Å². The first-order valence-electron chi connectivity index (χ1n) is 7.78. The summed E-state index contributed by atoms with van der Waals surface area (Å²) in [6, 6.07) is 17.6. The third-order valence-corrected chi connectivity index (χ3v) is 3.62. The average Bonchev–Trinajstić information content (AvgIpc) is 3.00. The predicted octanol–water partition coefficient (Wildman–Crippen LogP) is 4.28. The molecule has 0 amide bonds. The minimum atomic E-state index is 0.452. The molecule has 5 nitrogen and oxygen atoms in total. The minimum Gasteiger partial charge on any atom is -0.494 e. The second-order valence-electron chi connectivity index (χ2n) is 5.19. The Kier molecular flexibility index (Phi) is 5.18. The molecule has 24 heavy (non-hydrogen) atoms. The third kappa shape index (κ3) is 3.78. The van der Waals surface area contributed by atoms with E-state index < -0.39 is 0 Å². The van der Waals surface area contributed by atoms with Crippen LogP contribution in [-0.4, -0.2) is 27.7 Å². The van der Waals surface area contributed by atoms with Crippen molar-refractivity contribution in [1.82, 2.24) is 14.9 Å². The van der Waals surface area contributed by atoms with Crippen LogP contribution in [0.5, 0.6) is 5.75 Å². The lowest BCUT2D eigenvalue weighted by atomic mass is 10.2. The fraction of sp³-hybridized carbons (Fsp3) is 0.167. The highest BCUT2D eigenvalue weighted by Gasteiger charge is 2.06. The number of aromatic nitrogens is 3. The lowest BCUT2D eigenvalue weighted by molar-refractivity contribution is 0.317. The summed E-state index contributed by atoms with van der Waals surface area (Å²) in [6.45, 7) is 2.80. The van der Waals surface area contributed by atoms with Gasteiger partial charge in [-0.05, 0) is 48.5 Å². The van der Waals surface area contributed by atoms with Crippen molar-refractivity contribution in [2.24, 2.45) is 5.10 Å². The molecular weight excluding hydrogens is 320 g/mol. The summed E-state index contributed by atoms with van der Waals surface area (Å²) in [4.78, 5) is 0. The van der Waals surface area contributed by atoms with E-state index in [1.807, 2.05) is 54.6 Å². The molecule has 0 aliphatic carbocycles. The Bertz CT molecular complexity index is 866. The van der Waals surface area contributed by atoms with Crippen molar-refractivity contribution < 1.29 is 4.74 Å². The van der Waals surface area contributed by atoms with Crippen molar-refractivity contribution >= 4 is 18.4 Å². The monoisotopic (exact) mass is 338 g/mol. The van der Waals surface area contributed by atoms with Gasteiger partial charge in [0, 0.05) is 5.56 Å². The van der Waals surface area contributed by atoms with Crippen LogP contribution in [0.4, 0.5) is 0 Å². The molecule has 1 heterocycles. The summed E-state index contributed by atoms with van der Waals surface area (Å²) < 4.78 is 7.64. The van der Waals surface area contributed by atoms with E-state index in [1.54, 1.807) is 10.9 Å². The Labute approximate surface area is 145 Å². The molecule has 122 valence electrons. The molecule has 6 heteroatoms. The fourth-order valence-electron chi connectivity index (χ4n) is 2.17. The van der Waals surface area contributed by atoms with E-state index in [2.05, 4.69) is 22.2 Å². The van der Waals surface area contributed by atoms with Gasteiger partial charge in [0.05, 0.1) is 12.8 Å². The van der Waals surface area contributed by atoms with Crippen LogP contribution in [0.15, 0.2) is 59.7 Å². The van der Waals surface area contributed by atoms with Crippen molar-refractivity contribution in [3.05, 3.63) is 64.9 Å². The summed E-state index contributed by atoms with van der Waals surface area (Å²) in [5.74, 6) is 1.54. The zero-order valence-electron chi connectivity index (χ0n) is 13.3. The summed E-state index contributed by atoms with van der Waals surface area (Å²) in [6.07, 6.45) is 2.74. The van der Waals surface area contributed by atoms with Gasteiger partial charge in [0.15, 0.2) is 5.82 Å². The van der Waals surface area contributed by atoms with Gasteiger partial charge in [0.1, 0.15) is 5.75 Å². The highest BCUT2D eigenvalue weighted by Crippen LogP contribution is 2.16. The molecular formula is C18H18N4OS. The first-order chi connectivity index (χ1) is 11.8. The van der Waals surface area contributed by atoms with Crippen molar-refractivity contribution in [2.75, 3.05) is 6.61 Å². The van der Waals surface area contributed by atoms with Crippen LogP contribution >= 0.6 is 12.2 Å². The van der Waals surface area contributed by atoms with Gasteiger partial charge in [-0.1, -0.05) is 37.3 Å². The summed E-state index contributed by atoms with van der Waals surface area (Å²) in [5.41, 5.74) is 1.91. The standard InChI is InChI=1S/C18H18N4OS/c1-2-12-23-16-10-8-14(9-11-16)13-19-22-17(20-21-18(22)24)15-6-4-3-5-7-15/h3-11,13H,2,12H2,1H3,(H,21,24)/b19-13+. The predicted molar refractivity (Wildman–Crippen MR) is 98.1 cm³/mol. The number of nitrogens with one attached hydrogen (secondary N) is 1. The second-order valence-corrected chi connectivity index (χ2v) is 5.58. The van der Waals surface area contributed by atoms with Crippen LogP contribution in [-0.2, 0) is 0 Å². The molecule has 1 aromatic heterocycles. The molecule has 3 rings (SSSR count). The largest absolute Gasteiger partial charge is 0.494 e. The maximum atomic E-state index is 5.58. The number of nitrogens with zero attached hydrogens (tertiary/aromatic N) is 3. The van der Waals surface area contributed by atoms with E-state index in [9.17, 15) is 0 Å². The van der Waals surface area contributed by atoms with E-state index in [0.29, 0.717) is 10.6 Å². The van der Waals surface area contributed by atoms with E-state index in [-0.39, 0.29) is 0 Å². The maximum absolute atomic E-state index is 5.58. The molecule has 0 unspecified atom stereocenters. The second kappa shape index (κ2) is 7.70. The van der Waals surface area contributed by atoms with Gasteiger partial charge < -0.3 is 4.74 Å². The van der Waals surface area contributed by atoms with E-state index in [4.69, 9.17) is 17.0 Å². The van der Waals surface area contributed by atoms with Gasteiger partial charge in [0.2, 0.25) is 4.77 Å². The molecule has 0 atom stereocenters. The molecule has 0 radical (unpaired) electrons. The summed E-state index contributed by atoms with van der Waals surface area (Å²) in [5, 5.41) is 11.5. The summed E-state index contributed by atoms with van der Waals surface area (Å²) in [7, 11) is 0. The number of rotatable bonds is 6. The van der Waals surface area contributed by atoms with E-state index in [1.165, 1.54) is 0 Å². The highest BCUT2D eigenvalue weighted by atomic mass is 32.1. The van der Waals surface area contributed by atoms with Crippen molar-refractivity contribution in [3.63, 3.8) is 0 Å². The Morgan fingerprint density at radius 3 is 2.62 bits per heavy atom. The van der Waals surface area contributed by atoms with Crippen LogP contribution in [0.3, 0.4) is 0 Å². The number of aromatic amines is 1. The molecule has 3 aromatic rings. The van der Waals surface area contributed by atoms with Crippen LogP contribution in [0, 0.1) is 4.77 Å². The SMILES string of the molecule is CCCOc1ccc(/C=N/n2c(-c3ccccc3)n[nH]c2=S)cc1. The quantitative estimate of drug-likeness (QED) is 0.539. The zero-order chi connectivity index (χ0) is 16.8. The molecule has 0 fully saturated rings. The summed E-state index contributed by atoms with van der Waals surface area (Å²) >= 11 is 5.27. The maximum Gasteiger partial charge on any atom is 0.216 e. The molecule has 0 aliphatic heterocycles. The van der Waals surface area contributed by atoms with Gasteiger partial charge in [0.25, 0.3) is 0 Å². The Balaban J connectivity index is 1.82. The van der Waals surface area contributed by atoms with Gasteiger partial charge in [-0.25, -0.2) is 5.10 Å². The lowest BCUT2D eigenvalue weighted by Gasteiger charge is -2.04. The molecule has 2 aromatic carbocycles. The van der Waals surface area contributed by atoms with Crippen LogP contribution < -0.4 is 4.74 Å². The third-order valence-electron chi connectivity index (χ3n) is 3.36. The lowest BCUT2D eigenvalue weighted by Crippen LogP contribution is -1.96. The van der Waals surface area contributed by atoms with Gasteiger partial charge in [-0.2, -0.15) is 14.9 Å². The average molecular weight is 338 g/mol. The molecule has 0 saturated heterocycles. The molecule has 0 bridgehead atoms. The number of ether oxygens (including phenoxy) is 1. The van der Waals surface area contributed by atoms with Crippen molar-refractivity contribution in [3.8, 4) is 17.1 Å². The van der Waals surface area contributed by atoms with Gasteiger partial charge >= 0.3 is 0 Å². The van der Waals surface area contributed by atoms with Crippen LogP contribution in [0.1, 0.15) is 18.9 Å². The number of hydrogen-bond acceptors (Lipinski definition) is 4. The number of benzene rings is 2. The van der Waals surface area contributed by atoms with Crippen molar-refractivity contribution in [2.45, 2.75) is 13.3 Å². The zero-order valence-corrected chi connectivity index (χ0v) is 14.2. The normalized spacial score (nSPS) is 11.0.